The third kappa shape index (κ3) is 2.58. The smallest absolute Gasteiger partial charge is 0.101 e. The molecule has 0 aromatic heterocycles. The Morgan fingerprint density at radius 2 is 1.80 bits per heavy atom. The van der Waals surface area contributed by atoms with Crippen LogP contribution in [0.4, 0.5) is 0 Å². The molecule has 0 unspecified atom stereocenters. The van der Waals surface area contributed by atoms with E-state index >= 15 is 0 Å². The molecule has 1 aromatic carbocycles. The summed E-state index contributed by atoms with van der Waals surface area (Å²) < 4.78 is 1.19. The Hall–Kier alpha value is -0.850. The summed E-state index contributed by atoms with van der Waals surface area (Å²) in [5, 5.41) is 9.20. The van der Waals surface area contributed by atoms with Gasteiger partial charge in [-0.2, -0.15) is 5.26 Å². The average molecular weight is 233 g/mol. The SMILES string of the molecule is N#CC(=C1SCCCS1)c1ccccc1. The highest BCUT2D eigenvalue weighted by molar-refractivity contribution is 8.23. The van der Waals surface area contributed by atoms with Gasteiger partial charge in [0.1, 0.15) is 6.07 Å². The van der Waals surface area contributed by atoms with Gasteiger partial charge >= 0.3 is 0 Å². The molecule has 15 heavy (non-hydrogen) atoms. The summed E-state index contributed by atoms with van der Waals surface area (Å²) in [4.78, 5) is 0. The van der Waals surface area contributed by atoms with Crippen LogP contribution in [0.1, 0.15) is 12.0 Å². The predicted molar refractivity (Wildman–Crippen MR) is 68.5 cm³/mol. The van der Waals surface area contributed by atoms with Crippen molar-refractivity contribution >= 4 is 29.1 Å². The Morgan fingerprint density at radius 3 is 2.40 bits per heavy atom. The van der Waals surface area contributed by atoms with Crippen LogP contribution in [0.3, 0.4) is 0 Å². The van der Waals surface area contributed by atoms with Crippen molar-refractivity contribution in [3.05, 3.63) is 40.1 Å². The predicted octanol–water partition coefficient (Wildman–Crippen LogP) is 3.75. The van der Waals surface area contributed by atoms with Crippen LogP contribution in [0.15, 0.2) is 34.6 Å². The van der Waals surface area contributed by atoms with Crippen molar-refractivity contribution in [3.63, 3.8) is 0 Å². The number of thioether (sulfide) groups is 2. The number of hydrogen-bond donors (Lipinski definition) is 0. The van der Waals surface area contributed by atoms with Crippen LogP contribution in [0, 0.1) is 11.3 Å². The molecule has 1 aliphatic rings. The summed E-state index contributed by atoms with van der Waals surface area (Å²) in [6.07, 6.45) is 1.24. The zero-order chi connectivity index (χ0) is 10.5. The fourth-order valence-electron chi connectivity index (χ4n) is 1.41. The molecule has 1 aromatic rings. The Bertz CT molecular complexity index is 395. The number of hydrogen-bond acceptors (Lipinski definition) is 3. The van der Waals surface area contributed by atoms with Gasteiger partial charge in [0.05, 0.1) is 9.81 Å². The lowest BCUT2D eigenvalue weighted by Gasteiger charge is -2.14. The van der Waals surface area contributed by atoms with Gasteiger partial charge in [0, 0.05) is 0 Å². The van der Waals surface area contributed by atoms with Crippen LogP contribution in [0.2, 0.25) is 0 Å². The molecule has 2 rings (SSSR count). The fraction of sp³-hybridized carbons (Fsp3) is 0.250. The van der Waals surface area contributed by atoms with Gasteiger partial charge in [-0.15, -0.1) is 23.5 Å². The van der Waals surface area contributed by atoms with Gasteiger partial charge in [-0.1, -0.05) is 30.3 Å². The zero-order valence-electron chi connectivity index (χ0n) is 8.27. The number of nitrogens with zero attached hydrogens (tertiary/aromatic N) is 1. The minimum absolute atomic E-state index is 0.838. The van der Waals surface area contributed by atoms with Crippen molar-refractivity contribution in [2.24, 2.45) is 0 Å². The van der Waals surface area contributed by atoms with E-state index in [-0.39, 0.29) is 0 Å². The minimum Gasteiger partial charge on any atom is -0.192 e. The molecule has 0 spiro atoms. The molecule has 0 N–H and O–H groups in total. The number of rotatable bonds is 1. The topological polar surface area (TPSA) is 23.8 Å². The van der Waals surface area contributed by atoms with Crippen LogP contribution < -0.4 is 0 Å². The summed E-state index contributed by atoms with van der Waals surface area (Å²) in [5.41, 5.74) is 1.88. The Labute approximate surface area is 98.6 Å². The molecule has 1 fully saturated rings. The van der Waals surface area contributed by atoms with E-state index in [0.29, 0.717) is 0 Å². The molecule has 0 amide bonds. The quantitative estimate of drug-likeness (QED) is 0.690. The van der Waals surface area contributed by atoms with E-state index in [1.807, 2.05) is 53.9 Å². The maximum atomic E-state index is 9.20. The average Bonchev–Trinajstić information content (AvgIpc) is 2.33. The zero-order valence-corrected chi connectivity index (χ0v) is 9.90. The Kier molecular flexibility index (Phi) is 3.76. The van der Waals surface area contributed by atoms with E-state index in [1.165, 1.54) is 10.7 Å². The highest BCUT2D eigenvalue weighted by Gasteiger charge is 2.13. The van der Waals surface area contributed by atoms with E-state index in [9.17, 15) is 5.26 Å². The van der Waals surface area contributed by atoms with E-state index in [0.717, 1.165) is 22.6 Å². The first-order valence-electron chi connectivity index (χ1n) is 4.87. The van der Waals surface area contributed by atoms with E-state index in [2.05, 4.69) is 6.07 Å². The second-order valence-electron chi connectivity index (χ2n) is 3.19. The van der Waals surface area contributed by atoms with Crippen LogP contribution in [-0.2, 0) is 0 Å². The monoisotopic (exact) mass is 233 g/mol. The number of nitriles is 1. The van der Waals surface area contributed by atoms with Crippen molar-refractivity contribution in [3.8, 4) is 6.07 Å². The molecule has 1 aliphatic heterocycles. The van der Waals surface area contributed by atoms with Crippen molar-refractivity contribution in [1.82, 2.24) is 0 Å². The summed E-state index contributed by atoms with van der Waals surface area (Å²) in [5.74, 6) is 2.28. The van der Waals surface area contributed by atoms with E-state index in [1.54, 1.807) is 0 Å². The van der Waals surface area contributed by atoms with Gasteiger partial charge in [-0.25, -0.2) is 0 Å². The largest absolute Gasteiger partial charge is 0.192 e. The molecule has 3 heteroatoms. The minimum atomic E-state index is 0.838. The van der Waals surface area contributed by atoms with Crippen LogP contribution in [0.5, 0.6) is 0 Å². The third-order valence-corrected chi connectivity index (χ3v) is 4.76. The summed E-state index contributed by atoms with van der Waals surface area (Å²) in [6, 6.07) is 12.3. The second-order valence-corrected chi connectivity index (χ2v) is 5.66. The molecule has 1 saturated heterocycles. The Morgan fingerprint density at radius 1 is 1.13 bits per heavy atom. The lowest BCUT2D eigenvalue weighted by Crippen LogP contribution is -1.94. The third-order valence-electron chi connectivity index (χ3n) is 2.13. The van der Waals surface area contributed by atoms with Gasteiger partial charge in [-0.05, 0) is 23.5 Å². The van der Waals surface area contributed by atoms with Crippen molar-refractivity contribution in [2.45, 2.75) is 6.42 Å². The van der Waals surface area contributed by atoms with Gasteiger partial charge in [0.2, 0.25) is 0 Å². The molecule has 0 aliphatic carbocycles. The normalized spacial score (nSPS) is 15.8. The molecule has 0 radical (unpaired) electrons. The maximum absolute atomic E-state index is 9.20. The lowest BCUT2D eigenvalue weighted by molar-refractivity contribution is 1.12. The summed E-state index contributed by atoms with van der Waals surface area (Å²) >= 11 is 3.62. The highest BCUT2D eigenvalue weighted by Crippen LogP contribution is 2.39. The lowest BCUT2D eigenvalue weighted by atomic mass is 10.1. The Balaban J connectivity index is 2.35. The second kappa shape index (κ2) is 5.29. The van der Waals surface area contributed by atoms with E-state index < -0.39 is 0 Å². The molecule has 0 bridgehead atoms. The molecule has 76 valence electrons. The fourth-order valence-corrected chi connectivity index (χ4v) is 3.99. The van der Waals surface area contributed by atoms with Gasteiger partial charge in [0.15, 0.2) is 0 Å². The maximum Gasteiger partial charge on any atom is 0.101 e. The summed E-state index contributed by atoms with van der Waals surface area (Å²) in [7, 11) is 0. The first-order chi connectivity index (χ1) is 7.42. The summed E-state index contributed by atoms with van der Waals surface area (Å²) in [6.45, 7) is 0. The molecular formula is C12H11NS2. The van der Waals surface area contributed by atoms with Crippen LogP contribution in [-0.4, -0.2) is 11.5 Å². The number of allylic oxidation sites excluding steroid dienone is 1. The van der Waals surface area contributed by atoms with Gasteiger partial charge in [-0.3, -0.25) is 0 Å². The molecule has 0 saturated carbocycles. The molecule has 1 heterocycles. The van der Waals surface area contributed by atoms with E-state index in [4.69, 9.17) is 0 Å². The number of benzene rings is 1. The van der Waals surface area contributed by atoms with Crippen molar-refractivity contribution in [1.29, 1.82) is 5.26 Å². The van der Waals surface area contributed by atoms with Crippen molar-refractivity contribution in [2.75, 3.05) is 11.5 Å². The van der Waals surface area contributed by atoms with Crippen molar-refractivity contribution < 1.29 is 0 Å². The highest BCUT2D eigenvalue weighted by atomic mass is 32.2. The van der Waals surface area contributed by atoms with Gasteiger partial charge < -0.3 is 0 Å². The molecular weight excluding hydrogens is 222 g/mol. The molecule has 0 atom stereocenters. The van der Waals surface area contributed by atoms with Gasteiger partial charge in [0.25, 0.3) is 0 Å². The van der Waals surface area contributed by atoms with Crippen LogP contribution >= 0.6 is 23.5 Å². The first-order valence-corrected chi connectivity index (χ1v) is 6.84. The first kappa shape index (κ1) is 10.7. The standard InChI is InChI=1S/C12H11NS2/c13-9-11(10-5-2-1-3-6-10)12-14-7-4-8-15-12/h1-3,5-6H,4,7-8H2. The molecule has 1 nitrogen and oxygen atoms in total. The van der Waals surface area contributed by atoms with Crippen LogP contribution in [0.25, 0.3) is 5.57 Å².